The lowest BCUT2D eigenvalue weighted by atomic mass is 9.33. The number of nitrogens with one attached hydrogen (secondary N) is 2. The summed E-state index contributed by atoms with van der Waals surface area (Å²) in [6.07, 6.45) is 7.67. The zero-order valence-electron chi connectivity index (χ0n) is 37.5. The first-order chi connectivity index (χ1) is 26.7. The van der Waals surface area contributed by atoms with Crippen molar-refractivity contribution in [2.45, 2.75) is 171 Å². The summed E-state index contributed by atoms with van der Waals surface area (Å²) < 4.78 is 12.0. The first-order valence-corrected chi connectivity index (χ1v) is 22.1. The van der Waals surface area contributed by atoms with E-state index < -0.39 is 34.3 Å². The van der Waals surface area contributed by atoms with Gasteiger partial charge < -0.3 is 24.9 Å². The number of amides is 2. The van der Waals surface area contributed by atoms with Crippen molar-refractivity contribution in [1.82, 2.24) is 10.6 Å². The molecule has 0 saturated heterocycles. The highest BCUT2D eigenvalue weighted by Gasteiger charge is 2.71. The van der Waals surface area contributed by atoms with Gasteiger partial charge in [-0.15, -0.1) is 0 Å². The number of ketones is 1. The number of furan rings is 1. The Bertz CT molecular complexity index is 1970. The number of carbonyl (C=O) groups excluding carboxylic acids is 4. The predicted octanol–water partition coefficient (Wildman–Crippen LogP) is 8.91. The maximum atomic E-state index is 14.4. The van der Waals surface area contributed by atoms with E-state index in [0.29, 0.717) is 41.8 Å². The molecule has 10 nitrogen and oxygen atoms in total. The van der Waals surface area contributed by atoms with E-state index in [-0.39, 0.29) is 69.6 Å². The van der Waals surface area contributed by atoms with E-state index in [1.54, 1.807) is 33.8 Å². The summed E-state index contributed by atoms with van der Waals surface area (Å²) in [5.41, 5.74) is -0.593. The topological polar surface area (TPSA) is 152 Å². The summed E-state index contributed by atoms with van der Waals surface area (Å²) >= 11 is 0. The fraction of sp³-hybridized carbons (Fsp3) is 0.771. The Labute approximate surface area is 345 Å². The summed E-state index contributed by atoms with van der Waals surface area (Å²) in [6.45, 7) is 27.0. The summed E-state index contributed by atoms with van der Waals surface area (Å²) in [5, 5.41) is 16.1. The van der Waals surface area contributed by atoms with Crippen LogP contribution in [-0.4, -0.2) is 51.8 Å². The summed E-state index contributed by atoms with van der Waals surface area (Å²) in [5.74, 6) is -0.507. The van der Waals surface area contributed by atoms with Gasteiger partial charge in [-0.1, -0.05) is 62.3 Å². The number of carbonyl (C=O) groups is 5. The van der Waals surface area contributed by atoms with Crippen molar-refractivity contribution in [2.75, 3.05) is 0 Å². The molecule has 58 heavy (non-hydrogen) atoms. The van der Waals surface area contributed by atoms with Crippen LogP contribution in [0.2, 0.25) is 0 Å². The zero-order chi connectivity index (χ0) is 42.9. The van der Waals surface area contributed by atoms with Gasteiger partial charge in [0.2, 0.25) is 5.91 Å². The average molecular weight is 803 g/mol. The molecule has 0 aliphatic heterocycles. The molecule has 10 heteroatoms. The standard InChI is InChI=1S/C48H70N2O8/c1-25(2)36-32(51)24-48(50-41(56)44(9,10)49-38(52)28-22-26(3)57-27(28)4)21-20-46(12)29(37(36)48)14-15-34-45(11)18-17-35(43(7,8)33(45)16-19-47(34,46)13)58-40(55)31-23-30(39(53)54)42(31,5)6/h22,25,29-31,33-35H,14-21,23-24H2,1-13H3,(H,49,52)(H,50,56)(H,53,54)/t29-,30+,31-,33+,34-,35+,45+,46-,47-,48-/m1/s1. The second kappa shape index (κ2) is 13.5. The van der Waals surface area contributed by atoms with Gasteiger partial charge in [-0.25, -0.2) is 0 Å². The van der Waals surface area contributed by atoms with Crippen LogP contribution in [0.25, 0.3) is 0 Å². The molecule has 320 valence electrons. The van der Waals surface area contributed by atoms with Crippen LogP contribution in [-0.2, 0) is 23.9 Å². The van der Waals surface area contributed by atoms with Gasteiger partial charge in [-0.2, -0.15) is 0 Å². The molecular weight excluding hydrogens is 733 g/mol. The zero-order valence-corrected chi connectivity index (χ0v) is 37.5. The monoisotopic (exact) mass is 803 g/mol. The minimum absolute atomic E-state index is 0.0155. The molecule has 0 radical (unpaired) electrons. The first-order valence-electron chi connectivity index (χ1n) is 22.1. The highest BCUT2D eigenvalue weighted by Crippen LogP contribution is 2.76. The molecule has 1 aromatic heterocycles. The van der Waals surface area contributed by atoms with Crippen molar-refractivity contribution < 1.29 is 38.2 Å². The molecule has 1 aromatic rings. The Kier molecular flexibility index (Phi) is 9.96. The Morgan fingerprint density at radius 3 is 2.12 bits per heavy atom. The van der Waals surface area contributed by atoms with Crippen LogP contribution in [0.1, 0.15) is 162 Å². The number of allylic oxidation sites excluding steroid dienone is 1. The normalized spacial score (nSPS) is 38.8. The number of Topliss-reactive ketones (excluding diaryl/α,β-unsaturated/α-hetero) is 1. The third kappa shape index (κ3) is 6.01. The molecule has 2 amide bonds. The van der Waals surface area contributed by atoms with Gasteiger partial charge in [-0.3, -0.25) is 24.0 Å². The second-order valence-electron chi connectivity index (χ2n) is 22.4. The SMILES string of the molecule is Cc1cc(C(=O)NC(C)(C)C(=O)N[C@@]23CC[C@]4(C)[C@H](CC[C@@H]5[C@@]6(C)CC[C@H](OC(=O)[C@H]7C[C@@H](C(=O)O)C7(C)C)C(C)(C)[C@@H]6CC[C@]54C)C2=C(C(C)C)C(=O)C3)c(C)o1. The van der Waals surface area contributed by atoms with Crippen molar-refractivity contribution in [3.05, 3.63) is 34.3 Å². The number of esters is 1. The van der Waals surface area contributed by atoms with Crippen molar-refractivity contribution in [2.24, 2.45) is 62.6 Å². The average Bonchev–Trinajstić information content (AvgIpc) is 3.59. The minimum Gasteiger partial charge on any atom is -0.481 e. The molecule has 6 aliphatic carbocycles. The van der Waals surface area contributed by atoms with E-state index in [2.05, 4.69) is 59.1 Å². The molecule has 10 atom stereocenters. The van der Waals surface area contributed by atoms with Crippen LogP contribution in [0.15, 0.2) is 21.6 Å². The lowest BCUT2D eigenvalue weighted by Gasteiger charge is -2.72. The fourth-order valence-electron chi connectivity index (χ4n) is 14.5. The third-order valence-electron chi connectivity index (χ3n) is 18.1. The molecule has 5 saturated carbocycles. The van der Waals surface area contributed by atoms with Gasteiger partial charge in [0.25, 0.3) is 5.91 Å². The molecule has 0 spiro atoms. The molecule has 7 rings (SSSR count). The number of carboxylic acids is 1. The first kappa shape index (κ1) is 42.7. The number of ether oxygens (including phenoxy) is 1. The molecule has 0 aromatic carbocycles. The third-order valence-corrected chi connectivity index (χ3v) is 18.1. The van der Waals surface area contributed by atoms with Gasteiger partial charge >= 0.3 is 11.9 Å². The van der Waals surface area contributed by atoms with Crippen molar-refractivity contribution in [3.63, 3.8) is 0 Å². The van der Waals surface area contributed by atoms with E-state index in [1.807, 2.05) is 13.8 Å². The van der Waals surface area contributed by atoms with E-state index in [0.717, 1.165) is 56.1 Å². The van der Waals surface area contributed by atoms with Gasteiger partial charge in [-0.05, 0) is 148 Å². The van der Waals surface area contributed by atoms with E-state index >= 15 is 0 Å². The predicted molar refractivity (Wildman–Crippen MR) is 220 cm³/mol. The number of rotatable bonds is 8. The Morgan fingerprint density at radius 2 is 1.53 bits per heavy atom. The number of hydrogen-bond donors (Lipinski definition) is 3. The highest BCUT2D eigenvalue weighted by atomic mass is 16.5. The highest BCUT2D eigenvalue weighted by molar-refractivity contribution is 6.04. The summed E-state index contributed by atoms with van der Waals surface area (Å²) in [7, 11) is 0. The molecule has 5 fully saturated rings. The maximum Gasteiger partial charge on any atom is 0.309 e. The van der Waals surface area contributed by atoms with Crippen LogP contribution >= 0.6 is 0 Å². The van der Waals surface area contributed by atoms with E-state index in [9.17, 15) is 29.1 Å². The quantitative estimate of drug-likeness (QED) is 0.221. The lowest BCUT2D eigenvalue weighted by Crippen LogP contribution is -2.68. The number of aryl methyl sites for hydroxylation is 2. The molecule has 1 heterocycles. The van der Waals surface area contributed by atoms with Crippen molar-refractivity contribution in [3.8, 4) is 0 Å². The van der Waals surface area contributed by atoms with Crippen LogP contribution in [0.4, 0.5) is 0 Å². The minimum atomic E-state index is -1.25. The largest absolute Gasteiger partial charge is 0.481 e. The number of carboxylic acid groups (broad SMARTS) is 1. The summed E-state index contributed by atoms with van der Waals surface area (Å²) in [4.78, 5) is 67.4. The van der Waals surface area contributed by atoms with Crippen molar-refractivity contribution >= 4 is 29.5 Å². The lowest BCUT2D eigenvalue weighted by molar-refractivity contribution is -0.235. The van der Waals surface area contributed by atoms with Crippen LogP contribution in [0.5, 0.6) is 0 Å². The van der Waals surface area contributed by atoms with Crippen LogP contribution in [0.3, 0.4) is 0 Å². The van der Waals surface area contributed by atoms with Crippen LogP contribution in [0, 0.1) is 76.4 Å². The maximum absolute atomic E-state index is 14.4. The smallest absolute Gasteiger partial charge is 0.309 e. The second-order valence-corrected chi connectivity index (χ2v) is 22.4. The molecule has 6 aliphatic rings. The van der Waals surface area contributed by atoms with Gasteiger partial charge in [0.1, 0.15) is 23.2 Å². The van der Waals surface area contributed by atoms with Crippen molar-refractivity contribution in [1.29, 1.82) is 0 Å². The molecular formula is C48H70N2O8. The Hall–Kier alpha value is -3.43. The van der Waals surface area contributed by atoms with Crippen LogP contribution < -0.4 is 10.6 Å². The Balaban J connectivity index is 1.14. The number of fused-ring (bicyclic) bond motifs is 7. The fourth-order valence-corrected chi connectivity index (χ4v) is 14.5. The molecule has 3 N–H and O–H groups in total. The summed E-state index contributed by atoms with van der Waals surface area (Å²) in [6, 6.07) is 1.69. The number of aliphatic carboxylic acids is 1. The van der Waals surface area contributed by atoms with Gasteiger partial charge in [0.05, 0.1) is 22.9 Å². The Morgan fingerprint density at radius 1 is 0.862 bits per heavy atom. The van der Waals surface area contributed by atoms with Gasteiger partial charge in [0.15, 0.2) is 5.78 Å². The van der Waals surface area contributed by atoms with Gasteiger partial charge in [0, 0.05) is 11.8 Å². The number of hydrogen-bond acceptors (Lipinski definition) is 7. The molecule has 0 bridgehead atoms. The van der Waals surface area contributed by atoms with E-state index in [1.165, 1.54) is 0 Å². The molecule has 0 unspecified atom stereocenters. The van der Waals surface area contributed by atoms with E-state index in [4.69, 9.17) is 9.15 Å².